The van der Waals surface area contributed by atoms with Gasteiger partial charge in [0.15, 0.2) is 0 Å². The molecule has 2 aromatic carbocycles. The molecular weight excluding hydrogens is 419 g/mol. The Balaban J connectivity index is 1.15. The molecule has 2 aliphatic heterocycles. The van der Waals surface area contributed by atoms with E-state index in [4.69, 9.17) is 9.72 Å². The second kappa shape index (κ2) is 9.91. The maximum absolute atomic E-state index is 13.0. The number of halogens is 1. The van der Waals surface area contributed by atoms with Crippen molar-refractivity contribution in [1.29, 1.82) is 0 Å². The van der Waals surface area contributed by atoms with E-state index in [1.807, 2.05) is 17.0 Å². The molecule has 2 fully saturated rings. The summed E-state index contributed by atoms with van der Waals surface area (Å²) in [6.07, 6.45) is 4.76. The van der Waals surface area contributed by atoms with Gasteiger partial charge >= 0.3 is 0 Å². The van der Waals surface area contributed by atoms with Gasteiger partial charge in [0.25, 0.3) is 0 Å². The van der Waals surface area contributed by atoms with Crippen molar-refractivity contribution in [3.05, 3.63) is 60.2 Å². The molecule has 1 amide bonds. The second-order valence-electron chi connectivity index (χ2n) is 9.14. The number of aromatic amines is 1. The summed E-state index contributed by atoms with van der Waals surface area (Å²) in [6.45, 7) is 3.81. The quantitative estimate of drug-likeness (QED) is 0.607. The van der Waals surface area contributed by atoms with Crippen LogP contribution in [0.25, 0.3) is 11.0 Å². The normalized spacial score (nSPS) is 22.5. The minimum atomic E-state index is -0.281. The third kappa shape index (κ3) is 5.19. The number of para-hydroxylation sites is 2. The van der Waals surface area contributed by atoms with Gasteiger partial charge in [-0.25, -0.2) is 9.37 Å². The summed E-state index contributed by atoms with van der Waals surface area (Å²) in [5, 5.41) is 0. The molecule has 0 saturated carbocycles. The van der Waals surface area contributed by atoms with Gasteiger partial charge < -0.3 is 14.6 Å². The number of carbonyl (C=O) groups is 1. The smallest absolute Gasteiger partial charge is 0.222 e. The number of hydrogen-bond acceptors (Lipinski definition) is 4. The first-order valence-corrected chi connectivity index (χ1v) is 12.0. The molecule has 2 saturated heterocycles. The molecule has 0 radical (unpaired) electrons. The SMILES string of the molecule is O=C1CCC(N2CCCC(c3nc4ccccc4[nH]3)C2)CCN1CCOc1ccc(F)cc1. The van der Waals surface area contributed by atoms with Gasteiger partial charge in [-0.15, -0.1) is 0 Å². The second-order valence-corrected chi connectivity index (χ2v) is 9.14. The number of likely N-dealkylation sites (tertiary alicyclic amines) is 2. The fraction of sp³-hybridized carbons (Fsp3) is 0.462. The molecule has 3 heterocycles. The third-order valence-electron chi connectivity index (χ3n) is 6.98. The minimum Gasteiger partial charge on any atom is -0.492 e. The first kappa shape index (κ1) is 21.9. The standard InChI is InChI=1S/C26H31FN4O2/c27-20-7-10-22(11-8-20)33-17-16-30-15-13-21(9-12-25(30)32)31-14-3-4-19(18-31)26-28-23-5-1-2-6-24(23)29-26/h1-2,5-8,10-11,19,21H,3-4,9,12-18H2,(H,28,29). The van der Waals surface area contributed by atoms with Gasteiger partial charge in [-0.2, -0.15) is 0 Å². The molecule has 6 nitrogen and oxygen atoms in total. The lowest BCUT2D eigenvalue weighted by Crippen LogP contribution is -2.42. The number of benzene rings is 2. The number of carbonyl (C=O) groups excluding carboxylic acids is 1. The van der Waals surface area contributed by atoms with Crippen molar-refractivity contribution < 1.29 is 13.9 Å². The van der Waals surface area contributed by atoms with Gasteiger partial charge in [0.05, 0.1) is 17.6 Å². The van der Waals surface area contributed by atoms with E-state index in [0.29, 0.717) is 37.3 Å². The number of hydrogen-bond donors (Lipinski definition) is 1. The van der Waals surface area contributed by atoms with Crippen molar-refractivity contribution in [2.45, 2.75) is 44.1 Å². The largest absolute Gasteiger partial charge is 0.492 e. The fourth-order valence-electron chi connectivity index (χ4n) is 5.16. The molecule has 5 rings (SSSR count). The summed E-state index contributed by atoms with van der Waals surface area (Å²) in [6, 6.07) is 14.6. The number of nitrogens with one attached hydrogen (secondary N) is 1. The Bertz CT molecular complexity index is 1050. The van der Waals surface area contributed by atoms with Crippen molar-refractivity contribution in [2.75, 3.05) is 32.8 Å². The molecular formula is C26H31FN4O2. The van der Waals surface area contributed by atoms with Gasteiger partial charge in [0.1, 0.15) is 24.0 Å². The Hall–Kier alpha value is -2.93. The molecule has 2 unspecified atom stereocenters. The van der Waals surface area contributed by atoms with Crippen LogP contribution in [0.1, 0.15) is 43.8 Å². The van der Waals surface area contributed by atoms with Crippen molar-refractivity contribution in [3.8, 4) is 5.75 Å². The van der Waals surface area contributed by atoms with Crippen LogP contribution in [0.4, 0.5) is 4.39 Å². The van der Waals surface area contributed by atoms with Crippen molar-refractivity contribution in [3.63, 3.8) is 0 Å². The van der Waals surface area contributed by atoms with Crippen LogP contribution in [-0.4, -0.2) is 64.5 Å². The molecule has 0 aliphatic carbocycles. The summed E-state index contributed by atoms with van der Waals surface area (Å²) in [5.74, 6) is 2.04. The summed E-state index contributed by atoms with van der Waals surface area (Å²) < 4.78 is 18.7. The van der Waals surface area contributed by atoms with E-state index >= 15 is 0 Å². The molecule has 0 bridgehead atoms. The van der Waals surface area contributed by atoms with Gasteiger partial charge in [-0.3, -0.25) is 9.69 Å². The Morgan fingerprint density at radius 2 is 1.91 bits per heavy atom. The van der Waals surface area contributed by atoms with Crippen molar-refractivity contribution in [2.24, 2.45) is 0 Å². The molecule has 1 aromatic heterocycles. The van der Waals surface area contributed by atoms with E-state index < -0.39 is 0 Å². The van der Waals surface area contributed by atoms with Crippen LogP contribution >= 0.6 is 0 Å². The van der Waals surface area contributed by atoms with Crippen LogP contribution in [-0.2, 0) is 4.79 Å². The Morgan fingerprint density at radius 1 is 1.06 bits per heavy atom. The first-order valence-electron chi connectivity index (χ1n) is 12.0. The predicted octanol–water partition coefficient (Wildman–Crippen LogP) is 4.34. The Labute approximate surface area is 193 Å². The molecule has 0 spiro atoms. The van der Waals surface area contributed by atoms with Crippen LogP contribution in [0.5, 0.6) is 5.75 Å². The zero-order chi connectivity index (χ0) is 22.6. The molecule has 33 heavy (non-hydrogen) atoms. The zero-order valence-corrected chi connectivity index (χ0v) is 18.9. The monoisotopic (exact) mass is 450 g/mol. The van der Waals surface area contributed by atoms with Crippen LogP contribution in [0.15, 0.2) is 48.5 Å². The van der Waals surface area contributed by atoms with E-state index in [1.54, 1.807) is 12.1 Å². The summed E-state index contributed by atoms with van der Waals surface area (Å²) in [4.78, 5) is 25.6. The lowest BCUT2D eigenvalue weighted by molar-refractivity contribution is -0.131. The number of nitrogens with zero attached hydrogens (tertiary/aromatic N) is 3. The number of H-pyrrole nitrogens is 1. The van der Waals surface area contributed by atoms with Crippen molar-refractivity contribution in [1.82, 2.24) is 19.8 Å². The lowest BCUT2D eigenvalue weighted by atomic mass is 9.94. The molecule has 7 heteroatoms. The number of ether oxygens (including phenoxy) is 1. The van der Waals surface area contributed by atoms with Gasteiger partial charge in [-0.05, 0) is 68.6 Å². The molecule has 2 aliphatic rings. The predicted molar refractivity (Wildman–Crippen MR) is 126 cm³/mol. The van der Waals surface area contributed by atoms with Gasteiger partial charge in [-0.1, -0.05) is 12.1 Å². The van der Waals surface area contributed by atoms with Crippen LogP contribution in [0, 0.1) is 5.82 Å². The number of rotatable bonds is 6. The molecule has 174 valence electrons. The summed E-state index contributed by atoms with van der Waals surface area (Å²) in [7, 11) is 0. The topological polar surface area (TPSA) is 61.5 Å². The fourth-order valence-corrected chi connectivity index (χ4v) is 5.16. The third-order valence-corrected chi connectivity index (χ3v) is 6.98. The maximum Gasteiger partial charge on any atom is 0.222 e. The number of fused-ring (bicyclic) bond motifs is 1. The average Bonchev–Trinajstić information content (AvgIpc) is 3.19. The van der Waals surface area contributed by atoms with Crippen LogP contribution in [0.3, 0.4) is 0 Å². The minimum absolute atomic E-state index is 0.200. The maximum atomic E-state index is 13.0. The molecule has 3 aromatic rings. The van der Waals surface area contributed by atoms with Gasteiger partial charge in [0.2, 0.25) is 5.91 Å². The number of amides is 1. The highest BCUT2D eigenvalue weighted by atomic mass is 19.1. The molecule has 1 N–H and O–H groups in total. The van der Waals surface area contributed by atoms with Crippen LogP contribution in [0.2, 0.25) is 0 Å². The Kier molecular flexibility index (Phi) is 6.58. The Morgan fingerprint density at radius 3 is 2.76 bits per heavy atom. The molecule has 2 atom stereocenters. The number of aromatic nitrogens is 2. The average molecular weight is 451 g/mol. The van der Waals surface area contributed by atoms with E-state index in [1.165, 1.54) is 12.1 Å². The van der Waals surface area contributed by atoms with Gasteiger partial charge in [0, 0.05) is 31.5 Å². The highest BCUT2D eigenvalue weighted by Gasteiger charge is 2.31. The van der Waals surface area contributed by atoms with E-state index in [9.17, 15) is 9.18 Å². The van der Waals surface area contributed by atoms with E-state index in [2.05, 4.69) is 22.0 Å². The highest BCUT2D eigenvalue weighted by Crippen LogP contribution is 2.30. The highest BCUT2D eigenvalue weighted by molar-refractivity contribution is 5.76. The first-order chi connectivity index (χ1) is 16.2. The number of imidazole rings is 1. The van der Waals surface area contributed by atoms with E-state index in [-0.39, 0.29) is 11.7 Å². The van der Waals surface area contributed by atoms with E-state index in [0.717, 1.165) is 62.2 Å². The summed E-state index contributed by atoms with van der Waals surface area (Å²) in [5.41, 5.74) is 2.13. The number of piperidine rings is 1. The van der Waals surface area contributed by atoms with Crippen molar-refractivity contribution >= 4 is 16.9 Å². The lowest BCUT2D eigenvalue weighted by Gasteiger charge is -2.37. The zero-order valence-electron chi connectivity index (χ0n) is 18.9. The van der Waals surface area contributed by atoms with Crippen LogP contribution < -0.4 is 4.74 Å². The summed E-state index contributed by atoms with van der Waals surface area (Å²) >= 11 is 0.